The zero-order valence-corrected chi connectivity index (χ0v) is 45.9. The molecule has 1 aliphatic heterocycles. The number of fused-ring (bicyclic) bond motifs is 2. The van der Waals surface area contributed by atoms with Gasteiger partial charge in [-0.1, -0.05) is 230 Å². The second-order valence-corrected chi connectivity index (χ2v) is 20.7. The molecule has 0 aliphatic carbocycles. The summed E-state index contributed by atoms with van der Waals surface area (Å²) in [6.45, 7) is 6.56. The molecule has 0 saturated carbocycles. The lowest BCUT2D eigenvalue weighted by atomic mass is 9.84. The van der Waals surface area contributed by atoms with Crippen molar-refractivity contribution in [1.82, 2.24) is 34.9 Å². The van der Waals surface area contributed by atoms with Crippen LogP contribution in [0, 0.1) is 20.8 Å². The first-order valence-corrected chi connectivity index (χ1v) is 27.8. The molecule has 0 atom stereocenters. The molecule has 13 aromatic rings. The predicted molar refractivity (Wildman–Crippen MR) is 337 cm³/mol. The van der Waals surface area contributed by atoms with Gasteiger partial charge in [-0.3, -0.25) is 4.90 Å². The second-order valence-electron chi connectivity index (χ2n) is 20.7. The first-order chi connectivity index (χ1) is 40.9. The summed E-state index contributed by atoms with van der Waals surface area (Å²) in [4.78, 5) is 42.7. The molecule has 3 aromatic heterocycles. The summed E-state index contributed by atoms with van der Waals surface area (Å²) in [5.41, 5.74) is 20.2. The van der Waals surface area contributed by atoms with Crippen molar-refractivity contribution in [3.05, 3.63) is 284 Å². The van der Waals surface area contributed by atoms with Crippen LogP contribution in [-0.4, -0.2) is 34.9 Å². The molecule has 9 nitrogen and oxygen atoms in total. The van der Waals surface area contributed by atoms with E-state index >= 15 is 0 Å². The number of aryl methyl sites for hydroxylation is 3. The smallest absolute Gasteiger partial charge is 0.235 e. The summed E-state index contributed by atoms with van der Waals surface area (Å²) in [6, 6.07) is 91.8. The average Bonchev–Trinajstić information content (AvgIpc) is 3.10. The van der Waals surface area contributed by atoms with Crippen LogP contribution in [0.4, 0.5) is 34.4 Å². The van der Waals surface area contributed by atoms with E-state index in [0.29, 0.717) is 29.2 Å². The highest BCUT2D eigenvalue weighted by Gasteiger charge is 2.36. The molecule has 9 heteroatoms. The highest BCUT2D eigenvalue weighted by Crippen LogP contribution is 2.57. The second kappa shape index (κ2) is 21.6. The molecule has 0 spiro atoms. The van der Waals surface area contributed by atoms with Gasteiger partial charge in [0.15, 0.2) is 23.3 Å². The van der Waals surface area contributed by atoms with E-state index in [0.717, 1.165) is 124 Å². The highest BCUT2D eigenvalue weighted by atomic mass is 15.3. The van der Waals surface area contributed by atoms with Crippen LogP contribution in [0.25, 0.3) is 102 Å². The van der Waals surface area contributed by atoms with Crippen LogP contribution in [0.3, 0.4) is 0 Å². The fourth-order valence-electron chi connectivity index (χ4n) is 11.5. The Labute approximate surface area is 482 Å². The minimum absolute atomic E-state index is 0.494. The van der Waals surface area contributed by atoms with Gasteiger partial charge in [0.2, 0.25) is 5.95 Å². The summed E-state index contributed by atoms with van der Waals surface area (Å²) >= 11 is 0. The van der Waals surface area contributed by atoms with Crippen molar-refractivity contribution in [3.8, 4) is 102 Å². The van der Waals surface area contributed by atoms with Crippen LogP contribution in [0.2, 0.25) is 0 Å². The van der Waals surface area contributed by atoms with Gasteiger partial charge >= 0.3 is 0 Å². The maximum atomic E-state index is 5.62. The van der Waals surface area contributed by atoms with Crippen LogP contribution in [-0.2, 0) is 0 Å². The summed E-state index contributed by atoms with van der Waals surface area (Å²) < 4.78 is 0. The Hall–Kier alpha value is -11.0. The maximum absolute atomic E-state index is 5.62. The van der Waals surface area contributed by atoms with Crippen LogP contribution >= 0.6 is 0 Å². The molecule has 14 rings (SSSR count). The van der Waals surface area contributed by atoms with Crippen molar-refractivity contribution in [2.45, 2.75) is 20.8 Å². The van der Waals surface area contributed by atoms with Crippen molar-refractivity contribution in [1.29, 1.82) is 0 Å². The molecule has 0 fully saturated rings. The molecular formula is C74H53N9. The Balaban J connectivity index is 1.10. The predicted octanol–water partition coefficient (Wildman–Crippen LogP) is 18.6. The monoisotopic (exact) mass is 1070 g/mol. The van der Waals surface area contributed by atoms with Crippen molar-refractivity contribution in [2.24, 2.45) is 0 Å². The van der Waals surface area contributed by atoms with Gasteiger partial charge < -0.3 is 4.90 Å². The molecular weight excluding hydrogens is 1010 g/mol. The topological polar surface area (TPSA) is 96.7 Å². The molecule has 394 valence electrons. The lowest BCUT2D eigenvalue weighted by Gasteiger charge is -2.40. The zero-order valence-electron chi connectivity index (χ0n) is 45.9. The molecule has 0 amide bonds. The van der Waals surface area contributed by atoms with Gasteiger partial charge in [0.1, 0.15) is 0 Å². The van der Waals surface area contributed by atoms with Gasteiger partial charge in [-0.05, 0) is 79.9 Å². The number of anilines is 6. The van der Waals surface area contributed by atoms with Crippen LogP contribution in [0.5, 0.6) is 0 Å². The first-order valence-electron chi connectivity index (χ1n) is 27.8. The number of aromatic nitrogens is 7. The quantitative estimate of drug-likeness (QED) is 0.125. The minimum atomic E-state index is 0.494. The summed E-state index contributed by atoms with van der Waals surface area (Å²) in [5.74, 6) is 2.74. The number of hydrogen-bond donors (Lipinski definition) is 0. The Bertz CT molecular complexity index is 4280. The van der Waals surface area contributed by atoms with Crippen LogP contribution in [0.15, 0.2) is 267 Å². The molecule has 0 radical (unpaired) electrons. The fraction of sp³-hybridized carbons (Fsp3) is 0.0405. The van der Waals surface area contributed by atoms with E-state index in [2.05, 4.69) is 200 Å². The van der Waals surface area contributed by atoms with Gasteiger partial charge in [0.25, 0.3) is 0 Å². The van der Waals surface area contributed by atoms with Crippen molar-refractivity contribution in [2.75, 3.05) is 9.80 Å². The largest absolute Gasteiger partial charge is 0.306 e. The third-order valence-electron chi connectivity index (χ3n) is 15.2. The SMILES string of the molecule is Cc1cc(C)c(-c2c(-c3cc(-c4ccccc4)nc(-c4ccccc4)n3)ccc(N3c4ccccc4N(c4nc(-c5ccccc5)cc(-c5ccccc5)n4)c4ccccc43)c2-c2nc(-c3ccccc3)nc(-c3ccccc3)n2)c(C)c1. The van der Waals surface area contributed by atoms with E-state index in [1.807, 2.05) is 97.1 Å². The number of para-hydroxylation sites is 4. The minimum Gasteiger partial charge on any atom is -0.306 e. The fourth-order valence-corrected chi connectivity index (χ4v) is 11.5. The number of rotatable bonds is 11. The third-order valence-corrected chi connectivity index (χ3v) is 15.2. The van der Waals surface area contributed by atoms with Crippen LogP contribution in [0.1, 0.15) is 16.7 Å². The summed E-state index contributed by atoms with van der Waals surface area (Å²) in [6.07, 6.45) is 0. The molecule has 83 heavy (non-hydrogen) atoms. The van der Waals surface area contributed by atoms with Gasteiger partial charge in [-0.2, -0.15) is 0 Å². The molecule has 1 aliphatic rings. The lowest BCUT2D eigenvalue weighted by molar-refractivity contribution is 1.06. The molecule has 10 aromatic carbocycles. The Morgan fingerprint density at radius 1 is 0.241 bits per heavy atom. The van der Waals surface area contributed by atoms with Crippen LogP contribution < -0.4 is 9.80 Å². The summed E-state index contributed by atoms with van der Waals surface area (Å²) in [7, 11) is 0. The lowest BCUT2D eigenvalue weighted by Crippen LogP contribution is -2.26. The summed E-state index contributed by atoms with van der Waals surface area (Å²) in [5, 5.41) is 0. The molecule has 0 unspecified atom stereocenters. The van der Waals surface area contributed by atoms with Gasteiger partial charge in [0, 0.05) is 44.5 Å². The van der Waals surface area contributed by atoms with Crippen molar-refractivity contribution < 1.29 is 0 Å². The van der Waals surface area contributed by atoms with E-state index in [9.17, 15) is 0 Å². The van der Waals surface area contributed by atoms with Gasteiger partial charge in [0.05, 0.1) is 56.8 Å². The van der Waals surface area contributed by atoms with E-state index < -0.39 is 0 Å². The Morgan fingerprint density at radius 2 is 0.578 bits per heavy atom. The first kappa shape index (κ1) is 50.2. The third kappa shape index (κ3) is 9.55. The Kier molecular flexibility index (Phi) is 13.0. The zero-order chi connectivity index (χ0) is 55.8. The van der Waals surface area contributed by atoms with Crippen molar-refractivity contribution in [3.63, 3.8) is 0 Å². The number of nitrogens with zero attached hydrogens (tertiary/aromatic N) is 9. The Morgan fingerprint density at radius 3 is 1.01 bits per heavy atom. The average molecular weight is 1070 g/mol. The molecule has 0 bridgehead atoms. The van der Waals surface area contributed by atoms with E-state index in [-0.39, 0.29) is 0 Å². The highest BCUT2D eigenvalue weighted by molar-refractivity contribution is 6.08. The molecule has 0 saturated heterocycles. The molecule has 4 heterocycles. The normalized spacial score (nSPS) is 11.7. The number of benzene rings is 10. The van der Waals surface area contributed by atoms with Gasteiger partial charge in [-0.25, -0.2) is 34.9 Å². The van der Waals surface area contributed by atoms with E-state index in [1.165, 1.54) is 0 Å². The molecule has 0 N–H and O–H groups in total. The maximum Gasteiger partial charge on any atom is 0.235 e. The van der Waals surface area contributed by atoms with Crippen molar-refractivity contribution >= 4 is 34.4 Å². The van der Waals surface area contributed by atoms with E-state index in [1.54, 1.807) is 0 Å². The van der Waals surface area contributed by atoms with Gasteiger partial charge in [-0.15, -0.1) is 0 Å². The standard InChI is InChI=1S/C74H53N9/c1-48-44-49(2)67(50(3)45-48)68-57(61-47-58(51-26-10-4-11-27-51)75-70(76-61)54-32-16-7-17-33-54)42-43-66(69(68)73-80-71(55-34-18-8-19-35-55)79-72(81-73)56-36-20-9-21-37-56)82-62-38-22-24-40-64(62)83(65-41-25-23-39-63(65)82)74-77-59(52-28-12-5-13-29-52)46-60(78-74)53-30-14-6-15-31-53/h4-47H,1-3H3. The number of hydrogen-bond acceptors (Lipinski definition) is 9. The van der Waals surface area contributed by atoms with E-state index in [4.69, 9.17) is 34.9 Å².